The van der Waals surface area contributed by atoms with Crippen molar-refractivity contribution in [1.82, 2.24) is 0 Å². The Bertz CT molecular complexity index is 3430. The van der Waals surface area contributed by atoms with Gasteiger partial charge in [-0.2, -0.15) is 0 Å². The van der Waals surface area contributed by atoms with Gasteiger partial charge in [-0.15, -0.1) is 11.3 Å². The van der Waals surface area contributed by atoms with Gasteiger partial charge in [0.1, 0.15) is 7.85 Å². The van der Waals surface area contributed by atoms with Crippen LogP contribution in [0, 0.1) is 20.8 Å². The van der Waals surface area contributed by atoms with E-state index in [9.17, 15) is 0 Å². The zero-order valence-corrected chi connectivity index (χ0v) is 43.1. The first-order valence-corrected chi connectivity index (χ1v) is 26.0. The molecule has 0 amide bonds. The van der Waals surface area contributed by atoms with Gasteiger partial charge in [0.05, 0.1) is 15.8 Å². The van der Waals surface area contributed by atoms with Crippen LogP contribution in [0.1, 0.15) is 106 Å². The fraction of sp³-hybridized carbons (Fsp3) is 0.242. The number of allylic oxidation sites excluding steroid dienone is 13. The topological polar surface area (TPSA) is 38.0 Å². The fourth-order valence-corrected chi connectivity index (χ4v) is 13.2. The third-order valence-electron chi connectivity index (χ3n) is 15.6. The van der Waals surface area contributed by atoms with Crippen molar-refractivity contribution in [3.05, 3.63) is 220 Å². The summed E-state index contributed by atoms with van der Waals surface area (Å²) in [6, 6.07) is 39.2. The van der Waals surface area contributed by atoms with Crippen molar-refractivity contribution in [2.24, 2.45) is 0 Å². The van der Waals surface area contributed by atoms with Crippen LogP contribution in [0.5, 0.6) is 0 Å². The van der Waals surface area contributed by atoms with Crippen LogP contribution in [0.25, 0.3) is 59.1 Å². The molecule has 0 spiro atoms. The summed E-state index contributed by atoms with van der Waals surface area (Å²) in [5.41, 5.74) is 27.9. The Morgan fingerprint density at radius 3 is 2.21 bits per heavy atom. The maximum atomic E-state index is 7.70. The Morgan fingerprint density at radius 2 is 1.44 bits per heavy atom. The SMILES string of the molecule is [B]C1=CNc2ccccc2C(C/C=C\C=C/C)(C2=CCCC=C2)/C(c2cc(-c3c(C)cc(C)cc3C)cc(-c3ccc4c(sc5ccccc54)c3N)c2-c2ccc3c(c2)C(C)(C)CCC3(C)C)=C/C=C1. The van der Waals surface area contributed by atoms with Gasteiger partial charge >= 0.3 is 0 Å². The van der Waals surface area contributed by atoms with Gasteiger partial charge in [-0.05, 0) is 173 Å². The highest BCUT2D eigenvalue weighted by atomic mass is 32.1. The summed E-state index contributed by atoms with van der Waals surface area (Å²) in [6.07, 6.45) is 29.5. The standard InChI is InChI=1S/C66H65BN2S/c1-9-10-11-19-33-66(47-21-13-12-14-22-47)54(26-20-23-48(67)41-69-58-27-17-16-25-56(58)66)53-39-46(60-43(3)36-42(2)37-44(60)4)38-52(50-30-31-51-49-24-15-18-28-59(49)70-63(51)62(50)68)61(53)45-29-32-55-57(40-45)65(7,8)35-34-64(55,5)6/h9-11,13,15-32,36-41,69H,12,14,33-35,68H2,1-8H3/b10-9-,19-11-,23-20?,48-41?,54-26+. The zero-order chi connectivity index (χ0) is 49.0. The average Bonchev–Trinajstić information content (AvgIpc) is 3.74. The van der Waals surface area contributed by atoms with Gasteiger partial charge in [-0.25, -0.2) is 0 Å². The second kappa shape index (κ2) is 18.6. The second-order valence-electron chi connectivity index (χ2n) is 21.2. The Morgan fingerprint density at radius 1 is 0.700 bits per heavy atom. The van der Waals surface area contributed by atoms with E-state index in [1.807, 2.05) is 12.3 Å². The summed E-state index contributed by atoms with van der Waals surface area (Å²) >= 11 is 1.79. The summed E-state index contributed by atoms with van der Waals surface area (Å²) in [4.78, 5) is 0. The summed E-state index contributed by atoms with van der Waals surface area (Å²) in [6.45, 7) is 18.5. The molecule has 10 rings (SSSR count). The van der Waals surface area contributed by atoms with Crippen molar-refractivity contribution in [1.29, 1.82) is 0 Å². The highest BCUT2D eigenvalue weighted by Gasteiger charge is 2.43. The van der Waals surface area contributed by atoms with Gasteiger partial charge in [-0.3, -0.25) is 0 Å². The molecule has 7 aromatic rings. The Hall–Kier alpha value is -6.62. The van der Waals surface area contributed by atoms with Crippen LogP contribution < -0.4 is 11.1 Å². The van der Waals surface area contributed by atoms with Crippen LogP contribution in [0.4, 0.5) is 11.4 Å². The average molecular weight is 929 g/mol. The first kappa shape index (κ1) is 47.1. The highest BCUT2D eigenvalue weighted by Crippen LogP contribution is 2.57. The number of nitrogen functional groups attached to an aromatic ring is 1. The number of thiophene rings is 1. The normalized spacial score (nSPS) is 19.4. The van der Waals surface area contributed by atoms with Gasteiger partial charge in [0.15, 0.2) is 0 Å². The second-order valence-corrected chi connectivity index (χ2v) is 22.3. The smallest absolute Gasteiger partial charge is 0.115 e. The minimum Gasteiger partial charge on any atom is -0.397 e. The minimum atomic E-state index is -0.679. The van der Waals surface area contributed by atoms with Crippen LogP contribution in [0.3, 0.4) is 0 Å². The summed E-state index contributed by atoms with van der Waals surface area (Å²) in [7, 11) is 6.79. The van der Waals surface area contributed by atoms with Crippen LogP contribution in [0.2, 0.25) is 0 Å². The first-order valence-electron chi connectivity index (χ1n) is 25.2. The molecule has 0 saturated heterocycles. The molecule has 348 valence electrons. The van der Waals surface area contributed by atoms with Gasteiger partial charge in [0.25, 0.3) is 0 Å². The molecule has 0 fully saturated rings. The Balaban J connectivity index is 1.43. The van der Waals surface area contributed by atoms with E-state index in [-0.39, 0.29) is 10.8 Å². The lowest BCUT2D eigenvalue weighted by Crippen LogP contribution is -2.33. The maximum Gasteiger partial charge on any atom is 0.115 e. The quantitative estimate of drug-likeness (QED) is 0.0905. The van der Waals surface area contributed by atoms with E-state index in [4.69, 9.17) is 13.6 Å². The van der Waals surface area contributed by atoms with Crippen molar-refractivity contribution in [2.45, 2.75) is 104 Å². The molecule has 2 aliphatic carbocycles. The number of rotatable bonds is 8. The van der Waals surface area contributed by atoms with Gasteiger partial charge in [0, 0.05) is 26.7 Å². The third-order valence-corrected chi connectivity index (χ3v) is 16.8. The number of nitrogens with two attached hydrogens (primary N) is 1. The highest BCUT2D eigenvalue weighted by molar-refractivity contribution is 7.26. The molecule has 3 N–H and O–H groups in total. The maximum absolute atomic E-state index is 7.70. The summed E-state index contributed by atoms with van der Waals surface area (Å²) in [5.74, 6) is 0. The molecule has 0 saturated carbocycles. The number of anilines is 2. The number of benzene rings is 6. The van der Waals surface area contributed by atoms with E-state index in [0.29, 0.717) is 11.9 Å². The molecule has 2 heterocycles. The van der Waals surface area contributed by atoms with Crippen LogP contribution >= 0.6 is 11.3 Å². The molecule has 1 aromatic heterocycles. The summed E-state index contributed by atoms with van der Waals surface area (Å²) in [5, 5.41) is 6.14. The lowest BCUT2D eigenvalue weighted by atomic mass is 9.61. The molecular weight excluding hydrogens is 864 g/mol. The third kappa shape index (κ3) is 8.28. The number of aryl methyl sites for hydroxylation is 3. The van der Waals surface area contributed by atoms with Crippen molar-refractivity contribution in [3.8, 4) is 33.4 Å². The molecule has 6 aromatic carbocycles. The molecule has 2 nitrogen and oxygen atoms in total. The lowest BCUT2D eigenvalue weighted by Gasteiger charge is -2.43. The van der Waals surface area contributed by atoms with Gasteiger partial charge in [0.2, 0.25) is 0 Å². The number of para-hydroxylation sites is 1. The van der Waals surface area contributed by atoms with Gasteiger partial charge < -0.3 is 11.1 Å². The van der Waals surface area contributed by atoms with E-state index in [0.717, 1.165) is 58.4 Å². The Labute approximate surface area is 422 Å². The predicted octanol–water partition coefficient (Wildman–Crippen LogP) is 18.0. The minimum absolute atomic E-state index is 0.0157. The molecule has 1 unspecified atom stereocenters. The first-order chi connectivity index (χ1) is 33.7. The van der Waals surface area contributed by atoms with E-state index in [1.165, 1.54) is 82.3 Å². The Kier molecular flexibility index (Phi) is 12.5. The fourth-order valence-electron chi connectivity index (χ4n) is 12.0. The molecule has 2 radical (unpaired) electrons. The number of fused-ring (bicyclic) bond motifs is 5. The van der Waals surface area contributed by atoms with E-state index in [1.54, 1.807) is 11.3 Å². The molecule has 4 heteroatoms. The number of hydrogen-bond acceptors (Lipinski definition) is 3. The van der Waals surface area contributed by atoms with Crippen molar-refractivity contribution in [2.75, 3.05) is 11.1 Å². The van der Waals surface area contributed by atoms with Crippen molar-refractivity contribution >= 4 is 56.3 Å². The molecular formula is C66H65BN2S. The van der Waals surface area contributed by atoms with Gasteiger partial charge in [-0.1, -0.05) is 178 Å². The van der Waals surface area contributed by atoms with Crippen LogP contribution in [-0.2, 0) is 16.2 Å². The van der Waals surface area contributed by atoms with E-state index >= 15 is 0 Å². The largest absolute Gasteiger partial charge is 0.397 e. The van der Waals surface area contributed by atoms with Crippen LogP contribution in [0.15, 0.2) is 181 Å². The number of nitrogens with one attached hydrogen (secondary N) is 1. The molecule has 70 heavy (non-hydrogen) atoms. The summed E-state index contributed by atoms with van der Waals surface area (Å²) < 4.78 is 2.36. The predicted molar refractivity (Wildman–Crippen MR) is 307 cm³/mol. The zero-order valence-electron chi connectivity index (χ0n) is 42.3. The molecule has 1 atom stereocenters. The van der Waals surface area contributed by atoms with Crippen molar-refractivity contribution in [3.63, 3.8) is 0 Å². The lowest BCUT2D eigenvalue weighted by molar-refractivity contribution is 0.332. The van der Waals surface area contributed by atoms with E-state index < -0.39 is 5.41 Å². The van der Waals surface area contributed by atoms with Crippen molar-refractivity contribution < 1.29 is 0 Å². The monoisotopic (exact) mass is 928 g/mol. The molecule has 3 aliphatic rings. The van der Waals surface area contributed by atoms with Crippen LogP contribution in [-0.4, -0.2) is 7.85 Å². The number of hydrogen-bond donors (Lipinski definition) is 2. The van der Waals surface area contributed by atoms with E-state index in [2.05, 4.69) is 219 Å². The molecule has 0 bridgehead atoms. The molecule has 1 aliphatic heterocycles.